The number of carbonyl (C=O) groups excluding carboxylic acids is 1. The second-order valence-corrected chi connectivity index (χ2v) is 5.73. The van der Waals surface area contributed by atoms with Crippen LogP contribution < -0.4 is 11.1 Å². The molecule has 0 heterocycles. The molecule has 1 aliphatic rings. The van der Waals surface area contributed by atoms with Crippen molar-refractivity contribution < 1.29 is 9.90 Å². The summed E-state index contributed by atoms with van der Waals surface area (Å²) in [4.78, 5) is 11.5. The topological polar surface area (TPSA) is 75.3 Å². The van der Waals surface area contributed by atoms with E-state index in [0.717, 1.165) is 25.1 Å². The van der Waals surface area contributed by atoms with Crippen molar-refractivity contribution in [3.05, 3.63) is 23.8 Å². The van der Waals surface area contributed by atoms with E-state index in [1.807, 2.05) is 12.1 Å². The lowest BCUT2D eigenvalue weighted by molar-refractivity contribution is 0.101. The minimum atomic E-state index is -0.0166. The van der Waals surface area contributed by atoms with Crippen molar-refractivity contribution in [3.63, 3.8) is 0 Å². The minimum absolute atomic E-state index is 0.0166. The van der Waals surface area contributed by atoms with E-state index in [-0.39, 0.29) is 12.4 Å². The third kappa shape index (κ3) is 3.51. The molecule has 2 unspecified atom stereocenters. The molecule has 0 radical (unpaired) electrons. The summed E-state index contributed by atoms with van der Waals surface area (Å²) in [5.41, 5.74) is 7.80. The van der Waals surface area contributed by atoms with Crippen molar-refractivity contribution in [2.75, 3.05) is 24.2 Å². The van der Waals surface area contributed by atoms with E-state index >= 15 is 0 Å². The molecule has 2 rings (SSSR count). The predicted molar refractivity (Wildman–Crippen MR) is 81.9 cm³/mol. The number of Topliss-reactive ketones (excluding diaryl/α,β-unsaturated/α-hetero) is 1. The van der Waals surface area contributed by atoms with Gasteiger partial charge in [-0.1, -0.05) is 12.8 Å². The molecule has 0 amide bonds. The average molecular weight is 276 g/mol. The van der Waals surface area contributed by atoms with Gasteiger partial charge in [0.15, 0.2) is 5.78 Å². The van der Waals surface area contributed by atoms with E-state index in [2.05, 4.69) is 5.32 Å². The lowest BCUT2D eigenvalue weighted by Crippen LogP contribution is -2.28. The molecule has 1 saturated carbocycles. The van der Waals surface area contributed by atoms with Gasteiger partial charge in [0.1, 0.15) is 0 Å². The fraction of sp³-hybridized carbons (Fsp3) is 0.562. The molecule has 0 aromatic heterocycles. The lowest BCUT2D eigenvalue weighted by Gasteiger charge is -2.30. The normalized spacial score (nSPS) is 22.5. The van der Waals surface area contributed by atoms with Gasteiger partial charge in [-0.3, -0.25) is 4.79 Å². The van der Waals surface area contributed by atoms with E-state index in [9.17, 15) is 9.90 Å². The van der Waals surface area contributed by atoms with Gasteiger partial charge in [-0.15, -0.1) is 0 Å². The molecule has 4 nitrogen and oxygen atoms in total. The summed E-state index contributed by atoms with van der Waals surface area (Å²) in [5, 5.41) is 12.8. The molecule has 2 atom stereocenters. The van der Waals surface area contributed by atoms with Crippen LogP contribution in [0.1, 0.15) is 43.0 Å². The fourth-order valence-electron chi connectivity index (χ4n) is 3.01. The molecule has 20 heavy (non-hydrogen) atoms. The quantitative estimate of drug-likeness (QED) is 0.571. The maximum atomic E-state index is 11.5. The van der Waals surface area contributed by atoms with Crippen LogP contribution in [0.25, 0.3) is 0 Å². The van der Waals surface area contributed by atoms with Crippen LogP contribution in [0.5, 0.6) is 0 Å². The summed E-state index contributed by atoms with van der Waals surface area (Å²) < 4.78 is 0. The molecule has 1 aromatic carbocycles. The average Bonchev–Trinajstić information content (AvgIpc) is 2.46. The van der Waals surface area contributed by atoms with Gasteiger partial charge in [0.05, 0.1) is 0 Å². The first-order chi connectivity index (χ1) is 9.61. The number of nitrogen functional groups attached to an aromatic ring is 1. The molecule has 0 bridgehead atoms. The highest BCUT2D eigenvalue weighted by Crippen LogP contribution is 2.30. The first-order valence-electron chi connectivity index (χ1n) is 7.37. The lowest BCUT2D eigenvalue weighted by atomic mass is 9.79. The summed E-state index contributed by atoms with van der Waals surface area (Å²) in [6.45, 7) is 2.64. The van der Waals surface area contributed by atoms with Crippen molar-refractivity contribution in [1.29, 1.82) is 0 Å². The van der Waals surface area contributed by atoms with E-state index < -0.39 is 0 Å². The van der Waals surface area contributed by atoms with Crippen molar-refractivity contribution >= 4 is 17.2 Å². The van der Waals surface area contributed by atoms with Gasteiger partial charge in [0, 0.05) is 30.1 Å². The summed E-state index contributed by atoms with van der Waals surface area (Å²) in [6.07, 6.45) is 4.73. The summed E-state index contributed by atoms with van der Waals surface area (Å²) >= 11 is 0. The maximum Gasteiger partial charge on any atom is 0.161 e. The third-order valence-electron chi connectivity index (χ3n) is 4.30. The van der Waals surface area contributed by atoms with Gasteiger partial charge in [0.25, 0.3) is 0 Å². The Bertz CT molecular complexity index is 474. The molecule has 1 aromatic rings. The van der Waals surface area contributed by atoms with Gasteiger partial charge in [0.2, 0.25) is 0 Å². The monoisotopic (exact) mass is 276 g/mol. The second-order valence-electron chi connectivity index (χ2n) is 5.73. The fourth-order valence-corrected chi connectivity index (χ4v) is 3.01. The number of benzene rings is 1. The number of rotatable bonds is 5. The first-order valence-corrected chi connectivity index (χ1v) is 7.37. The van der Waals surface area contributed by atoms with Crippen LogP contribution in [0, 0.1) is 11.8 Å². The molecule has 0 spiro atoms. The number of carbonyl (C=O) groups is 1. The molecule has 1 fully saturated rings. The number of nitrogens with two attached hydrogens (primary N) is 1. The number of hydrogen-bond acceptors (Lipinski definition) is 4. The Morgan fingerprint density at radius 2 is 2.05 bits per heavy atom. The van der Waals surface area contributed by atoms with Crippen LogP contribution in [-0.2, 0) is 0 Å². The minimum Gasteiger partial charge on any atom is -0.398 e. The Morgan fingerprint density at radius 3 is 2.70 bits per heavy atom. The van der Waals surface area contributed by atoms with Crippen molar-refractivity contribution in [2.45, 2.75) is 32.6 Å². The molecule has 1 aliphatic carbocycles. The van der Waals surface area contributed by atoms with E-state index in [4.69, 9.17) is 5.73 Å². The zero-order valence-corrected chi connectivity index (χ0v) is 12.1. The molecular weight excluding hydrogens is 252 g/mol. The summed E-state index contributed by atoms with van der Waals surface area (Å²) in [5.74, 6) is 0.890. The standard InChI is InChI=1S/C16H24N2O2/c1-11(20)15-8-14(6-7-16(15)17)18-9-12-4-2-3-5-13(12)10-19/h6-8,12-13,18-19H,2-5,9-10,17H2,1H3. The molecular formula is C16H24N2O2. The van der Waals surface area contributed by atoms with Crippen LogP contribution in [-0.4, -0.2) is 24.0 Å². The molecule has 4 N–H and O–H groups in total. The Labute approximate surface area is 120 Å². The van der Waals surface area contributed by atoms with Gasteiger partial charge in [-0.05, 0) is 49.8 Å². The first kappa shape index (κ1) is 14.9. The van der Waals surface area contributed by atoms with Crippen molar-refractivity contribution in [1.82, 2.24) is 0 Å². The zero-order valence-electron chi connectivity index (χ0n) is 12.1. The van der Waals surface area contributed by atoms with Gasteiger partial charge in [-0.2, -0.15) is 0 Å². The van der Waals surface area contributed by atoms with Crippen LogP contribution in [0.4, 0.5) is 11.4 Å². The molecule has 0 aliphatic heterocycles. The summed E-state index contributed by atoms with van der Waals surface area (Å²) in [6, 6.07) is 5.48. The Hall–Kier alpha value is -1.55. The zero-order chi connectivity index (χ0) is 14.5. The van der Waals surface area contributed by atoms with E-state index in [0.29, 0.717) is 23.1 Å². The Morgan fingerprint density at radius 1 is 1.35 bits per heavy atom. The van der Waals surface area contributed by atoms with Crippen LogP contribution in [0.2, 0.25) is 0 Å². The number of nitrogens with one attached hydrogen (secondary N) is 1. The van der Waals surface area contributed by atoms with Crippen molar-refractivity contribution in [2.24, 2.45) is 11.8 Å². The number of hydrogen-bond donors (Lipinski definition) is 3. The number of aliphatic hydroxyl groups excluding tert-OH is 1. The van der Waals surface area contributed by atoms with Crippen LogP contribution in [0.3, 0.4) is 0 Å². The molecule has 110 valence electrons. The van der Waals surface area contributed by atoms with Crippen molar-refractivity contribution in [3.8, 4) is 0 Å². The van der Waals surface area contributed by atoms with E-state index in [1.54, 1.807) is 6.07 Å². The Kier molecular flexibility index (Phi) is 5.01. The number of anilines is 2. The molecule has 4 heteroatoms. The SMILES string of the molecule is CC(=O)c1cc(NCC2CCCCC2CO)ccc1N. The highest BCUT2D eigenvalue weighted by atomic mass is 16.3. The third-order valence-corrected chi connectivity index (χ3v) is 4.30. The van der Waals surface area contributed by atoms with Gasteiger partial charge < -0.3 is 16.2 Å². The number of ketones is 1. The van der Waals surface area contributed by atoms with E-state index in [1.165, 1.54) is 19.8 Å². The van der Waals surface area contributed by atoms with Crippen LogP contribution >= 0.6 is 0 Å². The van der Waals surface area contributed by atoms with Gasteiger partial charge in [-0.25, -0.2) is 0 Å². The second kappa shape index (κ2) is 6.75. The van der Waals surface area contributed by atoms with Gasteiger partial charge >= 0.3 is 0 Å². The largest absolute Gasteiger partial charge is 0.398 e. The highest BCUT2D eigenvalue weighted by molar-refractivity contribution is 5.99. The highest BCUT2D eigenvalue weighted by Gasteiger charge is 2.24. The van der Waals surface area contributed by atoms with Crippen LogP contribution in [0.15, 0.2) is 18.2 Å². The predicted octanol–water partition coefficient (Wildman–Crippen LogP) is 2.68. The summed E-state index contributed by atoms with van der Waals surface area (Å²) in [7, 11) is 0. The number of aliphatic hydroxyl groups is 1. The smallest absolute Gasteiger partial charge is 0.161 e. The molecule has 0 saturated heterocycles. The Balaban J connectivity index is 1.99. The maximum absolute atomic E-state index is 11.5.